The summed E-state index contributed by atoms with van der Waals surface area (Å²) in [5, 5.41) is 4.36. The first kappa shape index (κ1) is 16.9. The number of piperidine rings is 1. The van der Waals surface area contributed by atoms with Crippen LogP contribution in [0.2, 0.25) is 0 Å². The van der Waals surface area contributed by atoms with Crippen molar-refractivity contribution in [2.75, 3.05) is 13.1 Å². The van der Waals surface area contributed by atoms with Crippen LogP contribution in [-0.2, 0) is 0 Å². The summed E-state index contributed by atoms with van der Waals surface area (Å²) in [7, 11) is 0. The molecule has 0 aliphatic carbocycles. The van der Waals surface area contributed by atoms with Crippen LogP contribution in [0.1, 0.15) is 41.0 Å². The van der Waals surface area contributed by atoms with Crippen LogP contribution in [0.3, 0.4) is 0 Å². The summed E-state index contributed by atoms with van der Waals surface area (Å²) in [6, 6.07) is 5.79. The molecule has 5 heterocycles. The van der Waals surface area contributed by atoms with Gasteiger partial charge in [-0.25, -0.2) is 14.5 Å². The summed E-state index contributed by atoms with van der Waals surface area (Å²) in [5.74, 6) is 1.28. The van der Waals surface area contributed by atoms with Gasteiger partial charge in [0.05, 0.1) is 11.3 Å². The Morgan fingerprint density at radius 2 is 2.14 bits per heavy atom. The van der Waals surface area contributed by atoms with Gasteiger partial charge in [0, 0.05) is 43.3 Å². The fourth-order valence-electron chi connectivity index (χ4n) is 4.09. The van der Waals surface area contributed by atoms with Gasteiger partial charge < -0.3 is 9.30 Å². The molecule has 4 aromatic heterocycles. The smallest absolute Gasteiger partial charge is 0.255 e. The van der Waals surface area contributed by atoms with Crippen LogP contribution >= 0.6 is 0 Å². The highest BCUT2D eigenvalue weighted by molar-refractivity contribution is 5.94. The normalized spacial score (nSPS) is 20.1. The summed E-state index contributed by atoms with van der Waals surface area (Å²) in [6.07, 6.45) is 7.92. The zero-order valence-corrected chi connectivity index (χ0v) is 15.9. The molecule has 1 aliphatic heterocycles. The lowest BCUT2D eigenvalue weighted by atomic mass is 9.84. The van der Waals surface area contributed by atoms with E-state index in [1.165, 1.54) is 6.33 Å². The lowest BCUT2D eigenvalue weighted by Crippen LogP contribution is -2.42. The molecule has 142 valence electrons. The average molecular weight is 375 g/mol. The SMILES string of the molecule is Cc1cc(C2CN(C(=O)c3ccc4nccn4c3)CCC2C)n2ncnc2n1. The molecule has 0 radical (unpaired) electrons. The first-order valence-corrected chi connectivity index (χ1v) is 9.49. The van der Waals surface area contributed by atoms with Gasteiger partial charge in [-0.3, -0.25) is 4.79 Å². The summed E-state index contributed by atoms with van der Waals surface area (Å²) >= 11 is 0. The molecule has 2 atom stereocenters. The topological polar surface area (TPSA) is 80.7 Å². The molecule has 1 aliphatic rings. The fraction of sp³-hybridized carbons (Fsp3) is 0.350. The van der Waals surface area contributed by atoms with E-state index in [4.69, 9.17) is 0 Å². The minimum atomic E-state index is 0.0492. The van der Waals surface area contributed by atoms with Crippen molar-refractivity contribution in [2.24, 2.45) is 5.92 Å². The quantitative estimate of drug-likeness (QED) is 0.537. The Morgan fingerprint density at radius 1 is 1.25 bits per heavy atom. The average Bonchev–Trinajstić information content (AvgIpc) is 3.35. The number of hydrogen-bond acceptors (Lipinski definition) is 5. The van der Waals surface area contributed by atoms with Gasteiger partial charge in [0.1, 0.15) is 12.0 Å². The van der Waals surface area contributed by atoms with Gasteiger partial charge in [-0.2, -0.15) is 10.1 Å². The van der Waals surface area contributed by atoms with Gasteiger partial charge in [0.15, 0.2) is 0 Å². The molecule has 0 saturated carbocycles. The third kappa shape index (κ3) is 2.72. The largest absolute Gasteiger partial charge is 0.338 e. The third-order valence-corrected chi connectivity index (χ3v) is 5.67. The predicted octanol–water partition coefficient (Wildman–Crippen LogP) is 2.35. The standard InChI is InChI=1S/C20H21N7O/c1-13-5-7-26(19(28)15-3-4-18-21-6-8-25(18)10-15)11-16(13)17-9-14(2)24-20-22-12-23-27(17)20/h3-4,6,8-10,12-13,16H,5,7,11H2,1-2H3. The van der Waals surface area contributed by atoms with E-state index in [-0.39, 0.29) is 11.8 Å². The van der Waals surface area contributed by atoms with Crippen LogP contribution in [0.25, 0.3) is 11.4 Å². The maximum Gasteiger partial charge on any atom is 0.255 e. The summed E-state index contributed by atoms with van der Waals surface area (Å²) in [5.41, 5.74) is 3.49. The van der Waals surface area contributed by atoms with Gasteiger partial charge in [0.25, 0.3) is 11.7 Å². The molecule has 0 bridgehead atoms. The summed E-state index contributed by atoms with van der Waals surface area (Å²) < 4.78 is 3.68. The highest BCUT2D eigenvalue weighted by Gasteiger charge is 2.32. The molecular weight excluding hydrogens is 354 g/mol. The van der Waals surface area contributed by atoms with Gasteiger partial charge in [-0.05, 0) is 37.5 Å². The Kier molecular flexibility index (Phi) is 3.85. The number of aromatic nitrogens is 6. The van der Waals surface area contributed by atoms with Crippen LogP contribution in [-0.4, -0.2) is 52.9 Å². The van der Waals surface area contributed by atoms with Gasteiger partial charge >= 0.3 is 0 Å². The number of imidazole rings is 1. The zero-order valence-electron chi connectivity index (χ0n) is 15.9. The Hall–Kier alpha value is -3.29. The molecule has 4 aromatic rings. The molecule has 28 heavy (non-hydrogen) atoms. The monoisotopic (exact) mass is 375 g/mol. The Bertz CT molecular complexity index is 1180. The van der Waals surface area contributed by atoms with E-state index < -0.39 is 0 Å². The first-order chi connectivity index (χ1) is 13.6. The van der Waals surface area contributed by atoms with E-state index >= 15 is 0 Å². The number of aryl methyl sites for hydroxylation is 1. The summed E-state index contributed by atoms with van der Waals surface area (Å²) in [4.78, 5) is 28.0. The van der Waals surface area contributed by atoms with Crippen molar-refractivity contribution in [1.29, 1.82) is 0 Å². The maximum atomic E-state index is 13.2. The molecule has 8 nitrogen and oxygen atoms in total. The van der Waals surface area contributed by atoms with Crippen LogP contribution in [0, 0.1) is 12.8 Å². The van der Waals surface area contributed by atoms with Gasteiger partial charge in [0.2, 0.25) is 0 Å². The van der Waals surface area contributed by atoms with E-state index in [9.17, 15) is 4.79 Å². The Balaban J connectivity index is 1.47. The van der Waals surface area contributed by atoms with Crippen LogP contribution < -0.4 is 0 Å². The molecule has 1 saturated heterocycles. The molecule has 1 amide bonds. The number of hydrogen-bond donors (Lipinski definition) is 0. The molecule has 0 spiro atoms. The third-order valence-electron chi connectivity index (χ3n) is 5.67. The number of fused-ring (bicyclic) bond motifs is 2. The molecule has 2 unspecified atom stereocenters. The molecule has 0 N–H and O–H groups in total. The van der Waals surface area contributed by atoms with Crippen molar-refractivity contribution in [1.82, 2.24) is 33.9 Å². The lowest BCUT2D eigenvalue weighted by molar-refractivity contribution is 0.0665. The molecule has 8 heteroatoms. The zero-order chi connectivity index (χ0) is 19.3. The van der Waals surface area contributed by atoms with E-state index in [2.05, 4.69) is 33.0 Å². The van der Waals surface area contributed by atoms with Crippen LogP contribution in [0.4, 0.5) is 0 Å². The molecule has 1 fully saturated rings. The minimum absolute atomic E-state index is 0.0492. The van der Waals surface area contributed by atoms with Crippen molar-refractivity contribution in [3.05, 3.63) is 60.1 Å². The number of carbonyl (C=O) groups excluding carboxylic acids is 1. The van der Waals surface area contributed by atoms with Crippen LogP contribution in [0.5, 0.6) is 0 Å². The summed E-state index contributed by atoms with van der Waals surface area (Å²) in [6.45, 7) is 5.61. The second-order valence-corrected chi connectivity index (χ2v) is 7.53. The number of amides is 1. The first-order valence-electron chi connectivity index (χ1n) is 9.49. The van der Waals surface area contributed by atoms with Gasteiger partial charge in [-0.15, -0.1) is 0 Å². The second-order valence-electron chi connectivity index (χ2n) is 7.53. The van der Waals surface area contributed by atoms with Gasteiger partial charge in [-0.1, -0.05) is 6.92 Å². The number of carbonyl (C=O) groups is 1. The van der Waals surface area contributed by atoms with Crippen LogP contribution in [0.15, 0.2) is 43.1 Å². The highest BCUT2D eigenvalue weighted by Crippen LogP contribution is 2.33. The number of nitrogens with zero attached hydrogens (tertiary/aromatic N) is 7. The van der Waals surface area contributed by atoms with E-state index in [0.29, 0.717) is 23.8 Å². The van der Waals surface area contributed by atoms with Crippen molar-refractivity contribution in [3.63, 3.8) is 0 Å². The molecule has 5 rings (SSSR count). The second kappa shape index (κ2) is 6.40. The van der Waals surface area contributed by atoms with E-state index in [1.54, 1.807) is 10.7 Å². The van der Waals surface area contributed by atoms with Crippen molar-refractivity contribution in [3.8, 4) is 0 Å². The number of likely N-dealkylation sites (tertiary alicyclic amines) is 1. The maximum absolute atomic E-state index is 13.2. The fourth-order valence-corrected chi connectivity index (χ4v) is 4.09. The number of pyridine rings is 1. The van der Waals surface area contributed by atoms with Crippen molar-refractivity contribution in [2.45, 2.75) is 26.2 Å². The van der Waals surface area contributed by atoms with E-state index in [0.717, 1.165) is 30.0 Å². The Morgan fingerprint density at radius 3 is 3.04 bits per heavy atom. The predicted molar refractivity (Wildman–Crippen MR) is 103 cm³/mol. The Labute approximate surface area is 161 Å². The minimum Gasteiger partial charge on any atom is -0.338 e. The van der Waals surface area contributed by atoms with Crippen molar-refractivity contribution >= 4 is 17.3 Å². The number of rotatable bonds is 2. The highest BCUT2D eigenvalue weighted by atomic mass is 16.2. The lowest BCUT2D eigenvalue weighted by Gasteiger charge is -2.37. The van der Waals surface area contributed by atoms with E-state index in [1.807, 2.05) is 40.8 Å². The molecular formula is C20H21N7O. The molecule has 0 aromatic carbocycles. The van der Waals surface area contributed by atoms with Crippen molar-refractivity contribution < 1.29 is 4.79 Å².